The minimum Gasteiger partial charge on any atom is -0.406 e. The minimum absolute atomic E-state index is 0.0862. The molecular formula is C14H21F3N2OS. The van der Waals surface area contributed by atoms with E-state index >= 15 is 0 Å². The SMILES string of the molecule is CC(C)CSCC(Cc1ccc(OC(F)(F)F)cc1)NN. The second-order valence-electron chi connectivity index (χ2n) is 5.19. The molecule has 1 aromatic carbocycles. The maximum Gasteiger partial charge on any atom is 0.573 e. The van der Waals surface area contributed by atoms with Gasteiger partial charge in [0.05, 0.1) is 0 Å². The van der Waals surface area contributed by atoms with Crippen LogP contribution in [0.1, 0.15) is 19.4 Å². The molecule has 7 heteroatoms. The number of alkyl halides is 3. The van der Waals surface area contributed by atoms with E-state index in [0.717, 1.165) is 17.1 Å². The molecule has 0 radical (unpaired) electrons. The van der Waals surface area contributed by atoms with Crippen molar-refractivity contribution in [3.8, 4) is 5.75 Å². The Labute approximate surface area is 127 Å². The minimum atomic E-state index is -4.66. The van der Waals surface area contributed by atoms with Crippen LogP contribution < -0.4 is 16.0 Å². The molecule has 120 valence electrons. The van der Waals surface area contributed by atoms with Crippen LogP contribution in [0.15, 0.2) is 24.3 Å². The summed E-state index contributed by atoms with van der Waals surface area (Å²) >= 11 is 1.81. The Hall–Kier alpha value is -0.920. The summed E-state index contributed by atoms with van der Waals surface area (Å²) < 4.78 is 40.0. The van der Waals surface area contributed by atoms with Crippen molar-refractivity contribution in [2.24, 2.45) is 11.8 Å². The lowest BCUT2D eigenvalue weighted by atomic mass is 10.1. The lowest BCUT2D eigenvalue weighted by molar-refractivity contribution is -0.274. The fraction of sp³-hybridized carbons (Fsp3) is 0.571. The molecule has 0 fully saturated rings. The standard InChI is InChI=1S/C14H21F3N2OS/c1-10(2)8-21-9-12(19-18)7-11-3-5-13(6-4-11)20-14(15,16)17/h3-6,10,12,19H,7-9,18H2,1-2H3. The molecule has 21 heavy (non-hydrogen) atoms. The van der Waals surface area contributed by atoms with Crippen LogP contribution in [0.4, 0.5) is 13.2 Å². The Morgan fingerprint density at radius 2 is 1.81 bits per heavy atom. The highest BCUT2D eigenvalue weighted by Gasteiger charge is 2.30. The number of hydrazine groups is 1. The van der Waals surface area contributed by atoms with Crippen molar-refractivity contribution < 1.29 is 17.9 Å². The van der Waals surface area contributed by atoms with Gasteiger partial charge in [0.25, 0.3) is 0 Å². The Bertz CT molecular complexity index is 410. The third-order valence-corrected chi connectivity index (χ3v) is 4.19. The summed E-state index contributed by atoms with van der Waals surface area (Å²) in [6, 6.07) is 5.97. The number of ether oxygens (including phenoxy) is 1. The molecule has 0 heterocycles. The van der Waals surface area contributed by atoms with Crippen LogP contribution in [0.2, 0.25) is 0 Å². The number of halogens is 3. The largest absolute Gasteiger partial charge is 0.573 e. The van der Waals surface area contributed by atoms with Gasteiger partial charge in [0.15, 0.2) is 0 Å². The number of nitrogens with two attached hydrogens (primary N) is 1. The molecule has 3 N–H and O–H groups in total. The van der Waals surface area contributed by atoms with Crippen LogP contribution in [0, 0.1) is 5.92 Å². The first kappa shape index (κ1) is 18.1. The smallest absolute Gasteiger partial charge is 0.406 e. The lowest BCUT2D eigenvalue weighted by Gasteiger charge is -2.16. The Kier molecular flexibility index (Phi) is 7.34. The van der Waals surface area contributed by atoms with Crippen LogP contribution in [0.3, 0.4) is 0 Å². The van der Waals surface area contributed by atoms with E-state index in [9.17, 15) is 13.2 Å². The maximum atomic E-state index is 12.1. The van der Waals surface area contributed by atoms with E-state index in [1.54, 1.807) is 12.1 Å². The van der Waals surface area contributed by atoms with Crippen molar-refractivity contribution in [2.75, 3.05) is 11.5 Å². The number of rotatable bonds is 8. The molecule has 1 rings (SSSR count). The molecule has 0 amide bonds. The molecule has 0 bridgehead atoms. The van der Waals surface area contributed by atoms with Gasteiger partial charge in [-0.3, -0.25) is 11.3 Å². The molecule has 3 nitrogen and oxygen atoms in total. The van der Waals surface area contributed by atoms with Gasteiger partial charge in [0, 0.05) is 11.8 Å². The number of thioether (sulfide) groups is 1. The predicted molar refractivity (Wildman–Crippen MR) is 80.1 cm³/mol. The molecule has 0 aliphatic rings. The van der Waals surface area contributed by atoms with Gasteiger partial charge >= 0.3 is 6.36 Å². The third-order valence-electron chi connectivity index (χ3n) is 2.64. The van der Waals surface area contributed by atoms with Crippen molar-refractivity contribution in [2.45, 2.75) is 32.7 Å². The number of hydrogen-bond acceptors (Lipinski definition) is 4. The monoisotopic (exact) mass is 322 g/mol. The topological polar surface area (TPSA) is 47.3 Å². The van der Waals surface area contributed by atoms with Crippen molar-refractivity contribution in [3.63, 3.8) is 0 Å². The summed E-state index contributed by atoms with van der Waals surface area (Å²) in [7, 11) is 0. The average molecular weight is 322 g/mol. The van der Waals surface area contributed by atoms with Crippen LogP contribution in [-0.2, 0) is 6.42 Å². The highest BCUT2D eigenvalue weighted by molar-refractivity contribution is 7.99. The van der Waals surface area contributed by atoms with Crippen molar-refractivity contribution in [3.05, 3.63) is 29.8 Å². The number of nitrogens with one attached hydrogen (secondary N) is 1. The molecule has 0 saturated heterocycles. The average Bonchev–Trinajstić information content (AvgIpc) is 2.37. The maximum absolute atomic E-state index is 12.1. The van der Waals surface area contributed by atoms with Gasteiger partial charge in [-0.25, -0.2) is 0 Å². The van der Waals surface area contributed by atoms with E-state index in [4.69, 9.17) is 5.84 Å². The molecule has 0 aromatic heterocycles. The Balaban J connectivity index is 2.49. The predicted octanol–water partition coefficient (Wildman–Crippen LogP) is 3.35. The van der Waals surface area contributed by atoms with Gasteiger partial charge in [0.2, 0.25) is 0 Å². The summed E-state index contributed by atoms with van der Waals surface area (Å²) in [5.74, 6) is 7.83. The number of benzene rings is 1. The van der Waals surface area contributed by atoms with E-state index in [1.807, 2.05) is 11.8 Å². The zero-order valence-corrected chi connectivity index (χ0v) is 12.9. The molecule has 1 aromatic rings. The summed E-state index contributed by atoms with van der Waals surface area (Å²) in [6.07, 6.45) is -4.00. The summed E-state index contributed by atoms with van der Waals surface area (Å²) in [5, 5.41) is 0. The van der Waals surface area contributed by atoms with Gasteiger partial charge in [0.1, 0.15) is 5.75 Å². The zero-order chi connectivity index (χ0) is 15.9. The van der Waals surface area contributed by atoms with E-state index in [-0.39, 0.29) is 11.8 Å². The highest BCUT2D eigenvalue weighted by atomic mass is 32.2. The highest BCUT2D eigenvalue weighted by Crippen LogP contribution is 2.23. The quantitative estimate of drug-likeness (QED) is 0.569. The molecule has 0 spiro atoms. The van der Waals surface area contributed by atoms with Gasteiger partial charge in [-0.05, 0) is 35.8 Å². The van der Waals surface area contributed by atoms with E-state index in [0.29, 0.717) is 12.3 Å². The van der Waals surface area contributed by atoms with Gasteiger partial charge in [-0.2, -0.15) is 11.8 Å². The second kappa shape index (κ2) is 8.51. The van der Waals surface area contributed by atoms with Crippen LogP contribution in [-0.4, -0.2) is 23.9 Å². The fourth-order valence-corrected chi connectivity index (χ4v) is 2.83. The summed E-state index contributed by atoms with van der Waals surface area (Å²) in [6.45, 7) is 4.30. The van der Waals surface area contributed by atoms with Crippen LogP contribution in [0.25, 0.3) is 0 Å². The first-order chi connectivity index (χ1) is 9.80. The molecule has 1 unspecified atom stereocenters. The second-order valence-corrected chi connectivity index (χ2v) is 6.27. The lowest BCUT2D eigenvalue weighted by Crippen LogP contribution is -2.38. The van der Waals surface area contributed by atoms with Gasteiger partial charge < -0.3 is 4.74 Å². The van der Waals surface area contributed by atoms with Crippen molar-refractivity contribution >= 4 is 11.8 Å². The van der Waals surface area contributed by atoms with Crippen LogP contribution in [0.5, 0.6) is 5.75 Å². The van der Waals surface area contributed by atoms with E-state index in [2.05, 4.69) is 24.0 Å². The summed E-state index contributed by atoms with van der Waals surface area (Å²) in [5.41, 5.74) is 3.66. The van der Waals surface area contributed by atoms with Crippen LogP contribution >= 0.6 is 11.8 Å². The van der Waals surface area contributed by atoms with Crippen molar-refractivity contribution in [1.82, 2.24) is 5.43 Å². The fourth-order valence-electron chi connectivity index (χ4n) is 1.72. The normalized spacial score (nSPS) is 13.5. The molecule has 0 aliphatic heterocycles. The van der Waals surface area contributed by atoms with Gasteiger partial charge in [-0.15, -0.1) is 13.2 Å². The van der Waals surface area contributed by atoms with Gasteiger partial charge in [-0.1, -0.05) is 26.0 Å². The zero-order valence-electron chi connectivity index (χ0n) is 12.1. The first-order valence-corrected chi connectivity index (χ1v) is 7.84. The third kappa shape index (κ3) is 8.18. The summed E-state index contributed by atoms with van der Waals surface area (Å²) in [4.78, 5) is 0. The Morgan fingerprint density at radius 3 is 2.29 bits per heavy atom. The van der Waals surface area contributed by atoms with E-state index in [1.165, 1.54) is 12.1 Å². The first-order valence-electron chi connectivity index (χ1n) is 6.68. The molecular weight excluding hydrogens is 301 g/mol. The molecule has 0 aliphatic carbocycles. The Morgan fingerprint density at radius 1 is 1.19 bits per heavy atom. The number of hydrogen-bond donors (Lipinski definition) is 2. The van der Waals surface area contributed by atoms with E-state index < -0.39 is 6.36 Å². The van der Waals surface area contributed by atoms with Crippen molar-refractivity contribution in [1.29, 1.82) is 0 Å². The molecule has 0 saturated carbocycles. The molecule has 1 atom stereocenters.